The molecule has 1 heterocycles. The summed E-state index contributed by atoms with van der Waals surface area (Å²) in [7, 11) is 0. The van der Waals surface area contributed by atoms with E-state index in [1.54, 1.807) is 13.0 Å². The van der Waals surface area contributed by atoms with Gasteiger partial charge >= 0.3 is 0 Å². The van der Waals surface area contributed by atoms with Gasteiger partial charge in [-0.05, 0) is 19.0 Å². The maximum atomic E-state index is 7.01. The zero-order valence-corrected chi connectivity index (χ0v) is 3.56. The molecule has 1 heteroatoms. The molecule has 0 aliphatic heterocycles. The first-order valence-corrected chi connectivity index (χ1v) is 1.81. The van der Waals surface area contributed by atoms with E-state index in [1.165, 1.54) is 6.26 Å². The lowest BCUT2D eigenvalue weighted by Crippen LogP contribution is -1.48. The lowest BCUT2D eigenvalue weighted by molar-refractivity contribution is 0.534. The van der Waals surface area contributed by atoms with Crippen LogP contribution in [0.3, 0.4) is 0 Å². The fourth-order valence-corrected chi connectivity index (χ4v) is 0.321. The highest BCUT2D eigenvalue weighted by molar-refractivity contribution is 4.93. The van der Waals surface area contributed by atoms with Crippen molar-refractivity contribution >= 4 is 0 Å². The molecule has 1 rings (SSSR count). The number of aryl methyl sites for hydroxylation is 1. The molecule has 0 unspecified atom stereocenters. The largest absolute Gasteiger partial charge is 0.470 e. The minimum atomic E-state index is 0.472. The predicted molar refractivity (Wildman–Crippen MR) is 23.4 cm³/mol. The first kappa shape index (κ1) is 2.45. The maximum Gasteiger partial charge on any atom is 0.100 e. The summed E-state index contributed by atoms with van der Waals surface area (Å²) in [5.41, 5.74) is 0. The first-order valence-electron chi connectivity index (χ1n) is 2.31. The van der Waals surface area contributed by atoms with Crippen LogP contribution >= 0.6 is 0 Å². The standard InChI is InChI=1S/C5H6O/c1-5-3-2-4-6-5/h2-4H,1H3/i3D. The summed E-state index contributed by atoms with van der Waals surface area (Å²) >= 11 is 0. The molecule has 32 valence electrons. The van der Waals surface area contributed by atoms with E-state index in [1.807, 2.05) is 0 Å². The molecule has 1 nitrogen and oxygen atoms in total. The molecule has 0 saturated carbocycles. The first-order chi connectivity index (χ1) is 3.30. The summed E-state index contributed by atoms with van der Waals surface area (Å²) in [6, 6.07) is 2.09. The zero-order chi connectivity index (χ0) is 5.28. The topological polar surface area (TPSA) is 13.1 Å². The Hall–Kier alpha value is -0.720. The Labute approximate surface area is 38.0 Å². The molecule has 0 saturated heterocycles. The molecule has 6 heavy (non-hydrogen) atoms. The molecule has 0 aliphatic carbocycles. The van der Waals surface area contributed by atoms with E-state index in [4.69, 9.17) is 5.79 Å². The van der Waals surface area contributed by atoms with Crippen LogP contribution in [-0.4, -0.2) is 0 Å². The van der Waals surface area contributed by atoms with E-state index in [2.05, 4.69) is 0 Å². The van der Waals surface area contributed by atoms with Crippen LogP contribution in [0.5, 0.6) is 0 Å². The summed E-state index contributed by atoms with van der Waals surface area (Å²) in [5.74, 6) is 0.681. The van der Waals surface area contributed by atoms with Crippen molar-refractivity contribution in [2.75, 3.05) is 0 Å². The lowest BCUT2D eigenvalue weighted by Gasteiger charge is -1.69. The number of rotatable bonds is 0. The van der Waals surface area contributed by atoms with Crippen molar-refractivity contribution in [1.29, 1.82) is 0 Å². The number of furan rings is 1. The lowest BCUT2D eigenvalue weighted by atomic mass is 10.5. The Bertz CT molecular complexity index is 140. The Balaban J connectivity index is 3.12. The van der Waals surface area contributed by atoms with E-state index in [9.17, 15) is 0 Å². The van der Waals surface area contributed by atoms with Crippen molar-refractivity contribution < 1.29 is 5.79 Å². The van der Waals surface area contributed by atoms with Crippen molar-refractivity contribution in [1.82, 2.24) is 0 Å². The van der Waals surface area contributed by atoms with Crippen LogP contribution in [0.25, 0.3) is 0 Å². The summed E-state index contributed by atoms with van der Waals surface area (Å²) in [6.07, 6.45) is 1.51. The quantitative estimate of drug-likeness (QED) is 0.464. The normalized spacial score (nSPS) is 11.2. The van der Waals surface area contributed by atoms with Gasteiger partial charge in [-0.25, -0.2) is 0 Å². The monoisotopic (exact) mass is 83.0 g/mol. The van der Waals surface area contributed by atoms with Crippen LogP contribution in [0.15, 0.2) is 22.8 Å². The van der Waals surface area contributed by atoms with Crippen LogP contribution in [0.4, 0.5) is 0 Å². The summed E-state index contributed by atoms with van der Waals surface area (Å²) in [5, 5.41) is 0. The minimum absolute atomic E-state index is 0.472. The summed E-state index contributed by atoms with van der Waals surface area (Å²) in [4.78, 5) is 0. The molecule has 0 atom stereocenters. The molecule has 0 N–H and O–H groups in total. The Morgan fingerprint density at radius 3 is 3.00 bits per heavy atom. The fraction of sp³-hybridized carbons (Fsp3) is 0.200. The number of hydrogen-bond donors (Lipinski definition) is 0. The van der Waals surface area contributed by atoms with Crippen LogP contribution in [-0.2, 0) is 0 Å². The third-order valence-corrected chi connectivity index (χ3v) is 0.599. The van der Waals surface area contributed by atoms with Gasteiger partial charge in [0, 0.05) is 0 Å². The SMILES string of the molecule is [2H]c1ccoc1C. The molecule has 0 radical (unpaired) electrons. The van der Waals surface area contributed by atoms with Crippen molar-refractivity contribution in [2.24, 2.45) is 0 Å². The molecule has 0 spiro atoms. The van der Waals surface area contributed by atoms with E-state index in [0.29, 0.717) is 11.8 Å². The second-order valence-corrected chi connectivity index (χ2v) is 1.12. The van der Waals surface area contributed by atoms with Gasteiger partial charge in [0.2, 0.25) is 0 Å². The van der Waals surface area contributed by atoms with Gasteiger partial charge < -0.3 is 4.42 Å². The average molecular weight is 83.1 g/mol. The number of hydrogen-bond acceptors (Lipinski definition) is 1. The Kier molecular flexibility index (Phi) is 0.477. The van der Waals surface area contributed by atoms with E-state index < -0.39 is 0 Å². The van der Waals surface area contributed by atoms with Gasteiger partial charge in [0.15, 0.2) is 0 Å². The molecule has 0 aliphatic rings. The van der Waals surface area contributed by atoms with E-state index in [-0.39, 0.29) is 0 Å². The molecule has 0 fully saturated rings. The Morgan fingerprint density at radius 2 is 2.83 bits per heavy atom. The molecule has 0 bridgehead atoms. The smallest absolute Gasteiger partial charge is 0.100 e. The molecular formula is C5H6O. The van der Waals surface area contributed by atoms with Gasteiger partial charge in [0.1, 0.15) is 5.76 Å². The fourth-order valence-electron chi connectivity index (χ4n) is 0.321. The minimum Gasteiger partial charge on any atom is -0.470 e. The van der Waals surface area contributed by atoms with Crippen LogP contribution in [0.2, 0.25) is 0 Å². The van der Waals surface area contributed by atoms with Gasteiger partial charge in [-0.1, -0.05) is 0 Å². The zero-order valence-electron chi connectivity index (χ0n) is 4.56. The van der Waals surface area contributed by atoms with Crippen LogP contribution in [0.1, 0.15) is 7.13 Å². The third-order valence-electron chi connectivity index (χ3n) is 0.599. The van der Waals surface area contributed by atoms with Crippen molar-refractivity contribution in [3.63, 3.8) is 0 Å². The summed E-state index contributed by atoms with van der Waals surface area (Å²) < 4.78 is 11.8. The van der Waals surface area contributed by atoms with Gasteiger partial charge in [0.05, 0.1) is 7.63 Å². The van der Waals surface area contributed by atoms with Crippen molar-refractivity contribution in [2.45, 2.75) is 6.92 Å². The van der Waals surface area contributed by atoms with Gasteiger partial charge in [-0.2, -0.15) is 0 Å². The molecule has 0 aromatic carbocycles. The van der Waals surface area contributed by atoms with Crippen molar-refractivity contribution in [3.8, 4) is 0 Å². The van der Waals surface area contributed by atoms with Crippen molar-refractivity contribution in [3.05, 3.63) is 24.1 Å². The highest BCUT2D eigenvalue weighted by atomic mass is 16.3. The molecule has 1 aromatic heterocycles. The van der Waals surface area contributed by atoms with Gasteiger partial charge in [0.25, 0.3) is 0 Å². The van der Waals surface area contributed by atoms with Gasteiger partial charge in [-0.15, -0.1) is 0 Å². The third kappa shape index (κ3) is 0.432. The second-order valence-electron chi connectivity index (χ2n) is 1.12. The highest BCUT2D eigenvalue weighted by Crippen LogP contribution is 1.93. The van der Waals surface area contributed by atoms with Crippen LogP contribution < -0.4 is 0 Å². The van der Waals surface area contributed by atoms with E-state index >= 15 is 0 Å². The summed E-state index contributed by atoms with van der Waals surface area (Å²) in [6.45, 7) is 1.77. The molecular weight excluding hydrogens is 76.1 g/mol. The second kappa shape index (κ2) is 1.17. The predicted octanol–water partition coefficient (Wildman–Crippen LogP) is 1.59. The Morgan fingerprint density at radius 1 is 2.00 bits per heavy atom. The highest BCUT2D eigenvalue weighted by Gasteiger charge is 1.75. The average Bonchev–Trinajstić information content (AvgIpc) is 1.91. The van der Waals surface area contributed by atoms with Crippen LogP contribution in [0, 0.1) is 6.92 Å². The molecule has 1 aromatic rings. The van der Waals surface area contributed by atoms with E-state index in [0.717, 1.165) is 0 Å². The maximum absolute atomic E-state index is 7.01. The van der Waals surface area contributed by atoms with Gasteiger partial charge in [-0.3, -0.25) is 0 Å². The molecule has 0 amide bonds.